The first-order chi connectivity index (χ1) is 13.0. The fourth-order valence-electron chi connectivity index (χ4n) is 2.59. The number of nitrogens with one attached hydrogen (secondary N) is 1. The number of aryl methyl sites for hydroxylation is 2. The van der Waals surface area contributed by atoms with Gasteiger partial charge in [-0.25, -0.2) is 4.98 Å². The molecule has 6 heteroatoms. The van der Waals surface area contributed by atoms with Gasteiger partial charge in [0.25, 0.3) is 0 Å². The first-order valence-corrected chi connectivity index (χ1v) is 10.5. The zero-order valence-corrected chi connectivity index (χ0v) is 17.2. The molecule has 0 radical (unpaired) electrons. The second-order valence-corrected chi connectivity index (χ2v) is 8.37. The summed E-state index contributed by atoms with van der Waals surface area (Å²) in [5.74, 6) is 1.62. The number of benzene rings is 2. The summed E-state index contributed by atoms with van der Waals surface area (Å²) < 4.78 is 6.23. The van der Waals surface area contributed by atoms with Crippen LogP contribution in [0.4, 0.5) is 5.69 Å². The predicted molar refractivity (Wildman–Crippen MR) is 113 cm³/mol. The number of amides is 1. The van der Waals surface area contributed by atoms with E-state index in [1.54, 1.807) is 30.2 Å². The Hall–Kier alpha value is -2.31. The fourth-order valence-corrected chi connectivity index (χ4v) is 4.39. The standard InChI is InChI=1S/C21H22N2O2S2/c1-14-4-6-16(7-5-14)12-26-21-23-18(13-27-21)11-20(24)22-17-8-9-19(25-3)15(2)10-17/h4-10,13H,11-12H2,1-3H3,(H,22,24). The van der Waals surface area contributed by atoms with E-state index in [1.165, 1.54) is 11.1 Å². The van der Waals surface area contributed by atoms with E-state index in [9.17, 15) is 4.79 Å². The van der Waals surface area contributed by atoms with Crippen molar-refractivity contribution in [2.75, 3.05) is 12.4 Å². The van der Waals surface area contributed by atoms with Crippen LogP contribution in [-0.4, -0.2) is 18.0 Å². The van der Waals surface area contributed by atoms with Crippen molar-refractivity contribution in [2.45, 2.75) is 30.4 Å². The maximum Gasteiger partial charge on any atom is 0.230 e. The molecule has 0 saturated heterocycles. The van der Waals surface area contributed by atoms with Crippen LogP contribution in [0.2, 0.25) is 0 Å². The molecule has 1 N–H and O–H groups in total. The molecule has 0 bridgehead atoms. The van der Waals surface area contributed by atoms with Gasteiger partial charge < -0.3 is 10.1 Å². The van der Waals surface area contributed by atoms with Gasteiger partial charge in [-0.2, -0.15) is 0 Å². The van der Waals surface area contributed by atoms with E-state index in [0.717, 1.165) is 32.8 Å². The van der Waals surface area contributed by atoms with Gasteiger partial charge in [0.05, 0.1) is 19.2 Å². The van der Waals surface area contributed by atoms with Crippen molar-refractivity contribution in [3.63, 3.8) is 0 Å². The van der Waals surface area contributed by atoms with Crippen LogP contribution in [-0.2, 0) is 17.0 Å². The Morgan fingerprint density at radius 3 is 2.67 bits per heavy atom. The summed E-state index contributed by atoms with van der Waals surface area (Å²) in [6.07, 6.45) is 0.271. The first-order valence-electron chi connectivity index (χ1n) is 8.61. The average Bonchev–Trinajstić information content (AvgIpc) is 3.08. The predicted octanol–water partition coefficient (Wildman–Crippen LogP) is 5.24. The molecule has 3 aromatic rings. The van der Waals surface area contributed by atoms with Gasteiger partial charge in [-0.3, -0.25) is 4.79 Å². The third kappa shape index (κ3) is 5.58. The molecule has 0 aliphatic carbocycles. The van der Waals surface area contributed by atoms with Gasteiger partial charge in [-0.1, -0.05) is 41.6 Å². The number of carbonyl (C=O) groups is 1. The average molecular weight is 399 g/mol. The van der Waals surface area contributed by atoms with E-state index in [2.05, 4.69) is 41.5 Å². The van der Waals surface area contributed by atoms with E-state index in [-0.39, 0.29) is 12.3 Å². The summed E-state index contributed by atoms with van der Waals surface area (Å²) >= 11 is 3.28. The van der Waals surface area contributed by atoms with Crippen molar-refractivity contribution >= 4 is 34.7 Å². The number of carbonyl (C=O) groups excluding carboxylic acids is 1. The summed E-state index contributed by atoms with van der Waals surface area (Å²) in [4.78, 5) is 16.9. The van der Waals surface area contributed by atoms with Crippen LogP contribution in [0.3, 0.4) is 0 Å². The molecular weight excluding hydrogens is 376 g/mol. The summed E-state index contributed by atoms with van der Waals surface area (Å²) in [5, 5.41) is 4.87. The molecule has 1 aromatic heterocycles. The van der Waals surface area contributed by atoms with Crippen molar-refractivity contribution in [1.29, 1.82) is 0 Å². The van der Waals surface area contributed by atoms with Crippen LogP contribution in [0.25, 0.3) is 0 Å². The zero-order valence-electron chi connectivity index (χ0n) is 15.6. The molecule has 0 unspecified atom stereocenters. The Morgan fingerprint density at radius 2 is 1.96 bits per heavy atom. The maximum atomic E-state index is 12.3. The van der Waals surface area contributed by atoms with Gasteiger partial charge >= 0.3 is 0 Å². The minimum absolute atomic E-state index is 0.0695. The SMILES string of the molecule is COc1ccc(NC(=O)Cc2csc(SCc3ccc(C)cc3)n2)cc1C. The van der Waals surface area contributed by atoms with Crippen molar-refractivity contribution in [3.8, 4) is 5.75 Å². The van der Waals surface area contributed by atoms with Gasteiger partial charge in [0, 0.05) is 16.8 Å². The molecule has 3 rings (SSSR count). The molecular formula is C21H22N2O2S2. The minimum atomic E-state index is -0.0695. The Balaban J connectivity index is 1.53. The smallest absolute Gasteiger partial charge is 0.230 e. The first kappa shape index (κ1) is 19.5. The second kappa shape index (κ2) is 9.06. The van der Waals surface area contributed by atoms with E-state index in [1.807, 2.05) is 30.5 Å². The van der Waals surface area contributed by atoms with Gasteiger partial charge in [0.15, 0.2) is 0 Å². The van der Waals surface area contributed by atoms with Gasteiger partial charge in [-0.05, 0) is 43.2 Å². The van der Waals surface area contributed by atoms with E-state index >= 15 is 0 Å². The largest absolute Gasteiger partial charge is 0.496 e. The fraction of sp³-hybridized carbons (Fsp3) is 0.238. The molecule has 1 amide bonds. The third-order valence-corrected chi connectivity index (χ3v) is 6.17. The minimum Gasteiger partial charge on any atom is -0.496 e. The van der Waals surface area contributed by atoms with Crippen LogP contribution in [0.5, 0.6) is 5.75 Å². The molecule has 27 heavy (non-hydrogen) atoms. The van der Waals surface area contributed by atoms with Crippen LogP contribution in [0.1, 0.15) is 22.4 Å². The lowest BCUT2D eigenvalue weighted by Gasteiger charge is -2.08. The number of hydrogen-bond donors (Lipinski definition) is 1. The number of ether oxygens (including phenoxy) is 1. The van der Waals surface area contributed by atoms with Crippen LogP contribution < -0.4 is 10.1 Å². The highest BCUT2D eigenvalue weighted by Crippen LogP contribution is 2.27. The molecule has 0 fully saturated rings. The van der Waals surface area contributed by atoms with E-state index in [4.69, 9.17) is 4.74 Å². The summed E-state index contributed by atoms with van der Waals surface area (Å²) in [7, 11) is 1.64. The van der Waals surface area contributed by atoms with Crippen molar-refractivity contribution < 1.29 is 9.53 Å². The van der Waals surface area contributed by atoms with Gasteiger partial charge in [0.1, 0.15) is 10.1 Å². The summed E-state index contributed by atoms with van der Waals surface area (Å²) in [5.41, 5.74) is 5.09. The quantitative estimate of drug-likeness (QED) is 0.553. The normalized spacial score (nSPS) is 10.6. The van der Waals surface area contributed by atoms with Crippen molar-refractivity contribution in [1.82, 2.24) is 4.98 Å². The molecule has 0 aliphatic heterocycles. The van der Waals surface area contributed by atoms with Crippen LogP contribution in [0, 0.1) is 13.8 Å². The number of anilines is 1. The number of aromatic nitrogens is 1. The Bertz CT molecular complexity index is 920. The highest BCUT2D eigenvalue weighted by molar-refractivity contribution is 8.00. The molecule has 0 spiro atoms. The van der Waals surface area contributed by atoms with Gasteiger partial charge in [0.2, 0.25) is 5.91 Å². The highest BCUT2D eigenvalue weighted by Gasteiger charge is 2.10. The molecule has 1 heterocycles. The van der Waals surface area contributed by atoms with Crippen LogP contribution >= 0.6 is 23.1 Å². The lowest BCUT2D eigenvalue weighted by atomic mass is 10.2. The van der Waals surface area contributed by atoms with Crippen molar-refractivity contribution in [3.05, 3.63) is 70.2 Å². The number of hydrogen-bond acceptors (Lipinski definition) is 5. The summed E-state index contributed by atoms with van der Waals surface area (Å²) in [6, 6.07) is 14.1. The lowest BCUT2D eigenvalue weighted by Crippen LogP contribution is -2.14. The third-order valence-electron chi connectivity index (χ3n) is 4.03. The topological polar surface area (TPSA) is 51.2 Å². The van der Waals surface area contributed by atoms with Crippen molar-refractivity contribution in [2.24, 2.45) is 0 Å². The molecule has 0 aliphatic rings. The van der Waals surface area contributed by atoms with Gasteiger partial charge in [-0.15, -0.1) is 11.3 Å². The monoisotopic (exact) mass is 398 g/mol. The zero-order chi connectivity index (χ0) is 19.2. The molecule has 2 aromatic carbocycles. The Morgan fingerprint density at radius 1 is 1.19 bits per heavy atom. The lowest BCUT2D eigenvalue weighted by molar-refractivity contribution is -0.115. The number of rotatable bonds is 7. The number of thiazole rings is 1. The van der Waals surface area contributed by atoms with Crippen LogP contribution in [0.15, 0.2) is 52.2 Å². The maximum absolute atomic E-state index is 12.3. The molecule has 0 saturated carbocycles. The molecule has 4 nitrogen and oxygen atoms in total. The Labute approximate surface area is 168 Å². The number of methoxy groups -OCH3 is 1. The molecule has 140 valence electrons. The number of nitrogens with zero attached hydrogens (tertiary/aromatic N) is 1. The second-order valence-electron chi connectivity index (χ2n) is 6.29. The van der Waals surface area contributed by atoms with E-state index in [0.29, 0.717) is 0 Å². The molecule has 0 atom stereocenters. The number of thioether (sulfide) groups is 1. The van der Waals surface area contributed by atoms with E-state index < -0.39 is 0 Å². The summed E-state index contributed by atoms with van der Waals surface area (Å²) in [6.45, 7) is 4.04. The Kier molecular flexibility index (Phi) is 6.53. The highest BCUT2D eigenvalue weighted by atomic mass is 32.2.